The minimum atomic E-state index is 0.250. The minimum absolute atomic E-state index is 0.250. The van der Waals surface area contributed by atoms with Crippen molar-refractivity contribution in [1.82, 2.24) is 21.3 Å². The zero-order chi connectivity index (χ0) is 16.5. The molecule has 0 atom stereocenters. The molecule has 0 aliphatic rings. The molecule has 0 bridgehead atoms. The summed E-state index contributed by atoms with van der Waals surface area (Å²) in [5, 5.41) is 8.02. The van der Waals surface area contributed by atoms with E-state index >= 15 is 0 Å². The molecule has 1 aromatic carbocycles. The van der Waals surface area contributed by atoms with Crippen LogP contribution in [0, 0.1) is 0 Å². The summed E-state index contributed by atoms with van der Waals surface area (Å²) in [6.45, 7) is 0. The van der Waals surface area contributed by atoms with E-state index in [1.807, 2.05) is 36.4 Å². The second-order valence-corrected chi connectivity index (χ2v) is 5.36. The van der Waals surface area contributed by atoms with Crippen LogP contribution in [0.2, 0.25) is 5.02 Å². The predicted molar refractivity (Wildman–Crippen MR) is 102 cm³/mol. The van der Waals surface area contributed by atoms with Crippen molar-refractivity contribution in [3.05, 3.63) is 59.4 Å². The Kier molecular flexibility index (Phi) is 6.67. The van der Waals surface area contributed by atoms with Crippen LogP contribution in [-0.2, 0) is 0 Å². The van der Waals surface area contributed by atoms with Gasteiger partial charge in [-0.3, -0.25) is 21.3 Å². The summed E-state index contributed by atoms with van der Waals surface area (Å²) >= 11 is 16.2. The molecule has 9 heteroatoms. The van der Waals surface area contributed by atoms with Crippen molar-refractivity contribution < 1.29 is 0 Å². The number of hydrogen-bond donors (Lipinski definition) is 4. The Bertz CT molecular complexity index is 707. The fourth-order valence-corrected chi connectivity index (χ4v) is 1.91. The SMILES string of the molecule is S=C(N/N=C/c1ccccn1)NNC(=S)Nc1ccccc1Cl. The number of hydrazine groups is 1. The first kappa shape index (κ1) is 17.1. The summed E-state index contributed by atoms with van der Waals surface area (Å²) in [6.07, 6.45) is 3.23. The number of hydrazone groups is 1. The maximum atomic E-state index is 6.02. The van der Waals surface area contributed by atoms with Crippen LogP contribution >= 0.6 is 36.0 Å². The van der Waals surface area contributed by atoms with Crippen molar-refractivity contribution in [2.75, 3.05) is 5.32 Å². The van der Waals surface area contributed by atoms with Crippen LogP contribution in [0.25, 0.3) is 0 Å². The third-order valence-electron chi connectivity index (χ3n) is 2.46. The summed E-state index contributed by atoms with van der Waals surface area (Å²) in [4.78, 5) is 4.09. The highest BCUT2D eigenvalue weighted by Crippen LogP contribution is 2.19. The highest BCUT2D eigenvalue weighted by molar-refractivity contribution is 7.80. The standard InChI is InChI=1S/C14H13ClN6S2/c15-11-6-1-2-7-12(11)18-13(22)20-21-14(23)19-17-9-10-5-3-4-8-16-10/h1-9H,(H2,18,20,22)(H2,19,21,23)/b17-9+. The Labute approximate surface area is 149 Å². The summed E-state index contributed by atoms with van der Waals surface area (Å²) < 4.78 is 0. The number of para-hydroxylation sites is 1. The quantitative estimate of drug-likeness (QED) is 0.378. The van der Waals surface area contributed by atoms with Crippen LogP contribution in [0.4, 0.5) is 5.69 Å². The summed E-state index contributed by atoms with van der Waals surface area (Å²) in [5.41, 5.74) is 9.47. The van der Waals surface area contributed by atoms with Gasteiger partial charge in [-0.25, -0.2) is 0 Å². The first-order valence-corrected chi connectivity index (χ1v) is 7.66. The normalized spacial score (nSPS) is 10.1. The van der Waals surface area contributed by atoms with Gasteiger partial charge in [0, 0.05) is 6.20 Å². The molecule has 0 amide bonds. The molecule has 6 nitrogen and oxygen atoms in total. The topological polar surface area (TPSA) is 73.4 Å². The molecule has 0 spiro atoms. The second kappa shape index (κ2) is 8.99. The van der Waals surface area contributed by atoms with Crippen LogP contribution in [0.3, 0.4) is 0 Å². The number of benzene rings is 1. The monoisotopic (exact) mass is 364 g/mol. The molecule has 0 saturated carbocycles. The van der Waals surface area contributed by atoms with Crippen molar-refractivity contribution in [2.24, 2.45) is 5.10 Å². The molecule has 1 heterocycles. The number of thiocarbonyl (C=S) groups is 2. The molecule has 0 aliphatic carbocycles. The molecule has 1 aromatic heterocycles. The van der Waals surface area contributed by atoms with Crippen molar-refractivity contribution in [3.63, 3.8) is 0 Å². The van der Waals surface area contributed by atoms with E-state index in [1.165, 1.54) is 0 Å². The fraction of sp³-hybridized carbons (Fsp3) is 0. The van der Waals surface area contributed by atoms with Gasteiger partial charge in [-0.2, -0.15) is 5.10 Å². The lowest BCUT2D eigenvalue weighted by atomic mass is 10.3. The molecule has 2 aromatic rings. The Balaban J connectivity index is 1.73. The van der Waals surface area contributed by atoms with Crippen LogP contribution < -0.4 is 21.6 Å². The fourth-order valence-electron chi connectivity index (χ4n) is 1.47. The van der Waals surface area contributed by atoms with Crippen LogP contribution in [-0.4, -0.2) is 21.4 Å². The van der Waals surface area contributed by atoms with Crippen molar-refractivity contribution in [3.8, 4) is 0 Å². The van der Waals surface area contributed by atoms with Crippen molar-refractivity contribution in [2.45, 2.75) is 0 Å². The Morgan fingerprint density at radius 1 is 1.04 bits per heavy atom. The first-order valence-electron chi connectivity index (χ1n) is 6.47. The third kappa shape index (κ3) is 6.15. The van der Waals surface area contributed by atoms with E-state index in [0.717, 1.165) is 0 Å². The average molecular weight is 365 g/mol. The zero-order valence-electron chi connectivity index (χ0n) is 11.8. The lowest BCUT2D eigenvalue weighted by Crippen LogP contribution is -2.47. The largest absolute Gasteiger partial charge is 0.330 e. The second-order valence-electron chi connectivity index (χ2n) is 4.14. The first-order chi connectivity index (χ1) is 11.1. The molecule has 0 saturated heterocycles. The Hall–Kier alpha value is -2.29. The van der Waals surface area contributed by atoms with Gasteiger partial charge in [0.2, 0.25) is 5.11 Å². The molecular weight excluding hydrogens is 352 g/mol. The van der Waals surface area contributed by atoms with Crippen molar-refractivity contribution in [1.29, 1.82) is 0 Å². The van der Waals surface area contributed by atoms with Gasteiger partial charge in [0.05, 0.1) is 22.6 Å². The van der Waals surface area contributed by atoms with E-state index in [2.05, 4.69) is 31.7 Å². The summed E-state index contributed by atoms with van der Waals surface area (Å²) in [6, 6.07) is 12.8. The van der Waals surface area contributed by atoms with E-state index in [4.69, 9.17) is 36.0 Å². The van der Waals surface area contributed by atoms with Gasteiger partial charge >= 0.3 is 0 Å². The number of halogens is 1. The highest BCUT2D eigenvalue weighted by atomic mass is 35.5. The van der Waals surface area contributed by atoms with E-state index in [9.17, 15) is 0 Å². The average Bonchev–Trinajstić information content (AvgIpc) is 2.56. The van der Waals surface area contributed by atoms with E-state index in [0.29, 0.717) is 21.5 Å². The van der Waals surface area contributed by atoms with Gasteiger partial charge in [0.1, 0.15) is 0 Å². The number of hydrogen-bond acceptors (Lipinski definition) is 4. The number of anilines is 1. The van der Waals surface area contributed by atoms with Crippen LogP contribution in [0.15, 0.2) is 53.8 Å². The number of aromatic nitrogens is 1. The molecule has 118 valence electrons. The van der Waals surface area contributed by atoms with Gasteiger partial charge < -0.3 is 5.32 Å². The maximum Gasteiger partial charge on any atom is 0.205 e. The molecule has 23 heavy (non-hydrogen) atoms. The van der Waals surface area contributed by atoms with Gasteiger partial charge in [0.25, 0.3) is 0 Å². The van der Waals surface area contributed by atoms with E-state index in [1.54, 1.807) is 18.5 Å². The molecule has 4 N–H and O–H groups in total. The van der Waals surface area contributed by atoms with Gasteiger partial charge in [-0.15, -0.1) is 0 Å². The molecule has 0 radical (unpaired) electrons. The number of nitrogens with one attached hydrogen (secondary N) is 4. The smallest absolute Gasteiger partial charge is 0.205 e. The van der Waals surface area contributed by atoms with E-state index in [-0.39, 0.29) is 5.11 Å². The summed E-state index contributed by atoms with van der Waals surface area (Å²) in [5.74, 6) is 0. The minimum Gasteiger partial charge on any atom is -0.330 e. The zero-order valence-corrected chi connectivity index (χ0v) is 14.2. The van der Waals surface area contributed by atoms with E-state index < -0.39 is 0 Å². The predicted octanol–water partition coefficient (Wildman–Crippen LogP) is 2.43. The number of nitrogens with zero attached hydrogens (tertiary/aromatic N) is 2. The van der Waals surface area contributed by atoms with Gasteiger partial charge in [-0.1, -0.05) is 29.8 Å². The molecular formula is C14H13ClN6S2. The molecule has 2 rings (SSSR count). The van der Waals surface area contributed by atoms with Crippen LogP contribution in [0.1, 0.15) is 5.69 Å². The number of pyridine rings is 1. The maximum absolute atomic E-state index is 6.02. The third-order valence-corrected chi connectivity index (χ3v) is 3.19. The van der Waals surface area contributed by atoms with Gasteiger partial charge in [-0.05, 0) is 48.7 Å². The molecule has 0 fully saturated rings. The van der Waals surface area contributed by atoms with Crippen LogP contribution in [0.5, 0.6) is 0 Å². The Morgan fingerprint density at radius 2 is 1.78 bits per heavy atom. The Morgan fingerprint density at radius 3 is 2.52 bits per heavy atom. The van der Waals surface area contributed by atoms with Gasteiger partial charge in [0.15, 0.2) is 5.11 Å². The molecule has 0 unspecified atom stereocenters. The summed E-state index contributed by atoms with van der Waals surface area (Å²) in [7, 11) is 0. The van der Waals surface area contributed by atoms with Crippen molar-refractivity contribution >= 4 is 58.2 Å². The molecule has 0 aliphatic heterocycles. The highest BCUT2D eigenvalue weighted by Gasteiger charge is 2.01. The lowest BCUT2D eigenvalue weighted by molar-refractivity contribution is 0.836. The lowest BCUT2D eigenvalue weighted by Gasteiger charge is -2.13. The number of rotatable bonds is 3.